The molecule has 0 amide bonds. The maximum atomic E-state index is 10.9. The van der Waals surface area contributed by atoms with Gasteiger partial charge in [-0.15, -0.1) is 0 Å². The van der Waals surface area contributed by atoms with E-state index >= 15 is 0 Å². The van der Waals surface area contributed by atoms with Gasteiger partial charge in [-0.2, -0.15) is 0 Å². The van der Waals surface area contributed by atoms with Crippen molar-refractivity contribution in [2.24, 2.45) is 16.7 Å². The van der Waals surface area contributed by atoms with Gasteiger partial charge in [0.25, 0.3) is 0 Å². The average molecular weight is 413 g/mol. The Bertz CT molecular complexity index is 819. The molecular formula is C25H36N2O3. The smallest absolute Gasteiger partial charge is 0.223 e. The molecule has 1 aliphatic carbocycles. The van der Waals surface area contributed by atoms with E-state index < -0.39 is 0 Å². The number of aliphatic hydroxyl groups excluding tert-OH is 1. The monoisotopic (exact) mass is 412 g/mol. The normalized spacial score (nSPS) is 27.5. The topological polar surface area (TPSA) is 46.3 Å². The SMILES string of the molecule is [C-]#[N+]CC1(COc2cc3c(cc2OC)[C@H]2C[C@@H](O)[C@H](CC(C)(C)C)CN2CC3)CC1. The second-order valence-electron chi connectivity index (χ2n) is 10.9. The van der Waals surface area contributed by atoms with Gasteiger partial charge in [0.15, 0.2) is 11.5 Å². The molecule has 0 aromatic heterocycles. The van der Waals surface area contributed by atoms with Crippen LogP contribution >= 0.6 is 0 Å². The number of methoxy groups -OCH3 is 1. The lowest BCUT2D eigenvalue weighted by Gasteiger charge is -2.47. The molecule has 0 spiro atoms. The molecule has 164 valence electrons. The summed E-state index contributed by atoms with van der Waals surface area (Å²) in [6.45, 7) is 17.1. The Morgan fingerprint density at radius 3 is 2.67 bits per heavy atom. The second kappa shape index (κ2) is 8.05. The van der Waals surface area contributed by atoms with Gasteiger partial charge < -0.3 is 19.4 Å². The maximum Gasteiger partial charge on any atom is 0.223 e. The minimum atomic E-state index is -0.262. The van der Waals surface area contributed by atoms with Gasteiger partial charge in [-0.25, -0.2) is 6.57 Å². The molecule has 1 N–H and O–H groups in total. The highest BCUT2D eigenvalue weighted by Gasteiger charge is 2.47. The van der Waals surface area contributed by atoms with Crippen LogP contribution < -0.4 is 9.47 Å². The Morgan fingerprint density at radius 1 is 1.27 bits per heavy atom. The third-order valence-corrected chi connectivity index (χ3v) is 7.15. The lowest BCUT2D eigenvalue weighted by molar-refractivity contribution is -0.0259. The molecule has 1 saturated carbocycles. The number of benzene rings is 1. The van der Waals surface area contributed by atoms with Crippen molar-refractivity contribution in [3.05, 3.63) is 34.7 Å². The highest BCUT2D eigenvalue weighted by Crippen LogP contribution is 2.48. The van der Waals surface area contributed by atoms with Gasteiger partial charge in [-0.1, -0.05) is 20.8 Å². The number of nitrogens with zero attached hydrogens (tertiary/aromatic N) is 2. The number of hydrogen-bond acceptors (Lipinski definition) is 4. The lowest BCUT2D eigenvalue weighted by atomic mass is 9.75. The van der Waals surface area contributed by atoms with Gasteiger partial charge in [0.1, 0.15) is 6.61 Å². The van der Waals surface area contributed by atoms with Crippen molar-refractivity contribution in [3.8, 4) is 11.5 Å². The summed E-state index contributed by atoms with van der Waals surface area (Å²) in [4.78, 5) is 6.14. The summed E-state index contributed by atoms with van der Waals surface area (Å²) in [5, 5.41) is 10.9. The van der Waals surface area contributed by atoms with E-state index in [0.29, 0.717) is 19.1 Å². The number of hydrogen-bond donors (Lipinski definition) is 1. The molecule has 5 nitrogen and oxygen atoms in total. The highest BCUT2D eigenvalue weighted by atomic mass is 16.5. The molecule has 5 heteroatoms. The van der Waals surface area contributed by atoms with Gasteiger partial charge >= 0.3 is 0 Å². The number of aliphatic hydroxyl groups is 1. The Morgan fingerprint density at radius 2 is 2.03 bits per heavy atom. The van der Waals surface area contributed by atoms with E-state index in [2.05, 4.69) is 42.6 Å². The first-order valence-electron chi connectivity index (χ1n) is 11.3. The van der Waals surface area contributed by atoms with Crippen LogP contribution in [0.15, 0.2) is 12.1 Å². The Kier molecular flexibility index (Phi) is 5.76. The van der Waals surface area contributed by atoms with Crippen LogP contribution in [-0.2, 0) is 6.42 Å². The van der Waals surface area contributed by atoms with Crippen LogP contribution in [0.4, 0.5) is 0 Å². The van der Waals surface area contributed by atoms with E-state index in [0.717, 1.165) is 56.7 Å². The molecule has 3 atom stereocenters. The molecule has 2 fully saturated rings. The van der Waals surface area contributed by atoms with E-state index in [-0.39, 0.29) is 23.0 Å². The largest absolute Gasteiger partial charge is 0.493 e. The Balaban J connectivity index is 1.52. The van der Waals surface area contributed by atoms with Gasteiger partial charge in [0.05, 0.1) is 18.6 Å². The summed E-state index contributed by atoms with van der Waals surface area (Å²) < 4.78 is 11.9. The van der Waals surface area contributed by atoms with Crippen LogP contribution in [0.2, 0.25) is 0 Å². The summed E-state index contributed by atoms with van der Waals surface area (Å²) in [5.74, 6) is 1.90. The average Bonchev–Trinajstić information content (AvgIpc) is 3.45. The van der Waals surface area contributed by atoms with Gasteiger partial charge in [-0.3, -0.25) is 4.90 Å². The van der Waals surface area contributed by atoms with Crippen LogP contribution in [0.5, 0.6) is 11.5 Å². The quantitative estimate of drug-likeness (QED) is 0.700. The summed E-state index contributed by atoms with van der Waals surface area (Å²) >= 11 is 0. The first kappa shape index (κ1) is 21.5. The molecule has 1 aromatic rings. The molecule has 1 saturated heterocycles. The highest BCUT2D eigenvalue weighted by molar-refractivity contribution is 5.49. The molecule has 1 aromatic carbocycles. The predicted molar refractivity (Wildman–Crippen MR) is 118 cm³/mol. The summed E-state index contributed by atoms with van der Waals surface area (Å²) in [5.41, 5.74) is 2.87. The third kappa shape index (κ3) is 4.45. The molecule has 4 rings (SSSR count). The number of ether oxygens (including phenoxy) is 2. The zero-order valence-electron chi connectivity index (χ0n) is 18.9. The zero-order valence-corrected chi connectivity index (χ0v) is 18.9. The molecule has 0 unspecified atom stereocenters. The van der Waals surface area contributed by atoms with E-state index in [4.69, 9.17) is 16.0 Å². The van der Waals surface area contributed by atoms with Gasteiger partial charge in [-0.05, 0) is 66.7 Å². The molecule has 30 heavy (non-hydrogen) atoms. The van der Waals surface area contributed by atoms with E-state index in [1.807, 2.05) is 0 Å². The molecule has 0 bridgehead atoms. The van der Waals surface area contributed by atoms with Crippen LogP contribution in [-0.4, -0.2) is 49.5 Å². The van der Waals surface area contributed by atoms with Crippen LogP contribution in [0.25, 0.3) is 4.85 Å². The van der Waals surface area contributed by atoms with Crippen LogP contribution in [0.1, 0.15) is 63.6 Å². The molecular weight excluding hydrogens is 376 g/mol. The van der Waals surface area contributed by atoms with Gasteiger partial charge in [0, 0.05) is 19.1 Å². The van der Waals surface area contributed by atoms with Crippen molar-refractivity contribution in [3.63, 3.8) is 0 Å². The van der Waals surface area contributed by atoms with Crippen molar-refractivity contribution in [2.75, 3.05) is 33.4 Å². The third-order valence-electron chi connectivity index (χ3n) is 7.15. The molecule has 2 aliphatic heterocycles. The second-order valence-corrected chi connectivity index (χ2v) is 10.9. The van der Waals surface area contributed by atoms with Crippen molar-refractivity contribution in [2.45, 2.75) is 65.0 Å². The van der Waals surface area contributed by atoms with Crippen molar-refractivity contribution in [1.82, 2.24) is 4.90 Å². The van der Waals surface area contributed by atoms with Crippen molar-refractivity contribution >= 4 is 0 Å². The summed E-state index contributed by atoms with van der Waals surface area (Å²) in [6, 6.07) is 4.53. The van der Waals surface area contributed by atoms with E-state index in [1.54, 1.807) is 7.11 Å². The molecule has 0 radical (unpaired) electrons. The number of fused-ring (bicyclic) bond motifs is 3. The minimum absolute atomic E-state index is 0.0506. The standard InChI is InChI=1S/C25H36N2O3/c1-24(2,3)13-18-14-27-9-6-17-10-23(30-16-25(7-8-25)15-26-4)22(29-5)11-19(17)20(27)12-21(18)28/h10-11,18,20-21,28H,6-9,12-16H2,1-3,5H3/t18-,20-,21-/m1/s1. The molecule has 3 aliphatic rings. The Labute approximate surface area is 181 Å². The van der Waals surface area contributed by atoms with Crippen LogP contribution in [0.3, 0.4) is 0 Å². The predicted octanol–water partition coefficient (Wildman–Crippen LogP) is 4.49. The van der Waals surface area contributed by atoms with E-state index in [9.17, 15) is 5.11 Å². The fraction of sp³-hybridized carbons (Fsp3) is 0.720. The maximum absolute atomic E-state index is 10.9. The number of rotatable bonds is 6. The van der Waals surface area contributed by atoms with Crippen LogP contribution in [0, 0.1) is 23.3 Å². The van der Waals surface area contributed by atoms with E-state index in [1.165, 1.54) is 11.1 Å². The summed E-state index contributed by atoms with van der Waals surface area (Å²) in [7, 11) is 1.69. The fourth-order valence-electron chi connectivity index (χ4n) is 5.28. The van der Waals surface area contributed by atoms with Gasteiger partial charge in [0.2, 0.25) is 6.54 Å². The fourth-order valence-corrected chi connectivity index (χ4v) is 5.28. The molecule has 2 heterocycles. The Hall–Kier alpha value is -1.77. The van der Waals surface area contributed by atoms with Crippen molar-refractivity contribution in [1.29, 1.82) is 0 Å². The first-order chi connectivity index (χ1) is 14.2. The number of piperidine rings is 1. The first-order valence-corrected chi connectivity index (χ1v) is 11.3. The summed E-state index contributed by atoms with van der Waals surface area (Å²) in [6.07, 6.45) is 4.72. The minimum Gasteiger partial charge on any atom is -0.493 e. The van der Waals surface area contributed by atoms with Crippen molar-refractivity contribution < 1.29 is 14.6 Å². The lowest BCUT2D eigenvalue weighted by Crippen LogP contribution is -2.48. The zero-order chi connectivity index (χ0) is 21.5.